The second-order valence-corrected chi connectivity index (χ2v) is 8.38. The van der Waals surface area contributed by atoms with Crippen molar-refractivity contribution in [1.29, 1.82) is 0 Å². The second kappa shape index (κ2) is 9.44. The van der Waals surface area contributed by atoms with Gasteiger partial charge in [0, 0.05) is 27.2 Å². The van der Waals surface area contributed by atoms with Crippen LogP contribution in [0.25, 0.3) is 6.08 Å². The molecule has 0 N–H and O–H groups in total. The quantitative estimate of drug-likeness (QED) is 0.358. The largest absolute Gasteiger partial charge is 0.489 e. The van der Waals surface area contributed by atoms with E-state index in [-0.39, 0.29) is 30.7 Å². The molecule has 3 aromatic rings. The van der Waals surface area contributed by atoms with E-state index < -0.39 is 6.61 Å². The highest BCUT2D eigenvalue weighted by Gasteiger charge is 2.28. The van der Waals surface area contributed by atoms with Crippen molar-refractivity contribution < 1.29 is 37.3 Å². The van der Waals surface area contributed by atoms with E-state index in [4.69, 9.17) is 18.9 Å². The van der Waals surface area contributed by atoms with Crippen LogP contribution in [-0.2, 0) is 18.0 Å². The Morgan fingerprint density at radius 2 is 1.97 bits per heavy atom. The summed E-state index contributed by atoms with van der Waals surface area (Å²) >= 11 is 3.49. The normalized spacial score (nSPS) is 15.5. The van der Waals surface area contributed by atoms with E-state index in [0.717, 1.165) is 21.3 Å². The zero-order valence-electron chi connectivity index (χ0n) is 17.6. The molecule has 0 aliphatic carbocycles. The number of ketones is 1. The molecule has 6 nitrogen and oxygen atoms in total. The fraction of sp³-hybridized carbons (Fsp3) is 0.160. The number of ether oxygens (including phenoxy) is 5. The van der Waals surface area contributed by atoms with E-state index in [9.17, 15) is 13.6 Å². The Morgan fingerprint density at radius 3 is 2.82 bits per heavy atom. The van der Waals surface area contributed by atoms with Gasteiger partial charge in [-0.3, -0.25) is 4.79 Å². The van der Waals surface area contributed by atoms with Crippen LogP contribution >= 0.6 is 15.9 Å². The number of carbonyl (C=O) groups excluding carboxylic acids is 1. The molecular weight excluding hydrogens is 514 g/mol. The summed E-state index contributed by atoms with van der Waals surface area (Å²) in [6.07, 6.45) is 1.38. The van der Waals surface area contributed by atoms with Crippen molar-refractivity contribution in [2.45, 2.75) is 19.8 Å². The Bertz CT molecular complexity index is 1290. The SMILES string of the molecule is O=C1/C(=C/c2ccccc2OC(F)F)Oc2cc(OCc3cc(Br)cc4c3OCOC4)ccc21. The average molecular weight is 531 g/mol. The Morgan fingerprint density at radius 1 is 1.12 bits per heavy atom. The van der Waals surface area contributed by atoms with Crippen molar-refractivity contribution in [1.82, 2.24) is 0 Å². The molecule has 0 spiro atoms. The molecule has 0 aromatic heterocycles. The third-order valence-electron chi connectivity index (χ3n) is 5.21. The number of para-hydroxylation sites is 1. The van der Waals surface area contributed by atoms with Crippen LogP contribution in [0.2, 0.25) is 0 Å². The van der Waals surface area contributed by atoms with E-state index in [1.54, 1.807) is 36.4 Å². The Kier molecular flexibility index (Phi) is 6.21. The maximum Gasteiger partial charge on any atom is 0.387 e. The van der Waals surface area contributed by atoms with Crippen molar-refractivity contribution in [3.8, 4) is 23.0 Å². The first-order valence-corrected chi connectivity index (χ1v) is 11.0. The van der Waals surface area contributed by atoms with Crippen molar-refractivity contribution in [3.05, 3.63) is 87.1 Å². The molecule has 0 unspecified atom stereocenters. The van der Waals surface area contributed by atoms with E-state index in [2.05, 4.69) is 20.7 Å². The fourth-order valence-electron chi connectivity index (χ4n) is 3.73. The van der Waals surface area contributed by atoms with Crippen LogP contribution in [-0.4, -0.2) is 19.2 Å². The average Bonchev–Trinajstić information content (AvgIpc) is 3.12. The Balaban J connectivity index is 1.35. The minimum Gasteiger partial charge on any atom is -0.489 e. The summed E-state index contributed by atoms with van der Waals surface area (Å²) in [5.74, 6) is 1.15. The minimum absolute atomic E-state index is 0.00641. The van der Waals surface area contributed by atoms with Gasteiger partial charge in [0.15, 0.2) is 12.6 Å². The molecule has 9 heteroatoms. The molecule has 0 fully saturated rings. The van der Waals surface area contributed by atoms with Crippen molar-refractivity contribution >= 4 is 27.8 Å². The van der Waals surface area contributed by atoms with Crippen LogP contribution in [0.3, 0.4) is 0 Å². The highest BCUT2D eigenvalue weighted by molar-refractivity contribution is 9.10. The maximum absolute atomic E-state index is 12.8. The summed E-state index contributed by atoms with van der Waals surface area (Å²) < 4.78 is 53.4. The molecule has 2 aliphatic rings. The number of carbonyl (C=O) groups is 1. The van der Waals surface area contributed by atoms with Gasteiger partial charge in [-0.15, -0.1) is 0 Å². The van der Waals surface area contributed by atoms with Crippen LogP contribution in [0, 0.1) is 0 Å². The Labute approximate surface area is 201 Å². The van der Waals surface area contributed by atoms with Crippen molar-refractivity contribution in [2.24, 2.45) is 0 Å². The number of allylic oxidation sites excluding steroid dienone is 1. The summed E-state index contributed by atoms with van der Waals surface area (Å²) in [7, 11) is 0. The number of alkyl halides is 2. The Hall–Kier alpha value is -3.43. The zero-order chi connectivity index (χ0) is 23.7. The molecule has 174 valence electrons. The highest BCUT2D eigenvalue weighted by Crippen LogP contribution is 2.37. The second-order valence-electron chi connectivity index (χ2n) is 7.47. The topological polar surface area (TPSA) is 63.2 Å². The number of benzene rings is 3. The molecular formula is C25H17BrF2O6. The number of halogens is 3. The molecule has 3 aromatic carbocycles. The minimum atomic E-state index is -2.98. The first-order valence-electron chi connectivity index (χ1n) is 10.2. The van der Waals surface area contributed by atoms with Crippen LogP contribution < -0.4 is 18.9 Å². The highest BCUT2D eigenvalue weighted by atomic mass is 79.9. The zero-order valence-corrected chi connectivity index (χ0v) is 19.1. The summed E-state index contributed by atoms with van der Waals surface area (Å²) in [4.78, 5) is 12.8. The smallest absolute Gasteiger partial charge is 0.387 e. The van der Waals surface area contributed by atoms with Gasteiger partial charge in [-0.25, -0.2) is 0 Å². The lowest BCUT2D eigenvalue weighted by atomic mass is 10.1. The molecule has 0 saturated heterocycles. The summed E-state index contributed by atoms with van der Waals surface area (Å²) in [5, 5.41) is 0. The standard InChI is InChI=1S/C25H17BrF2O6/c26-17-7-15-11-30-13-32-24(15)16(8-17)12-31-18-5-6-19-21(10-18)33-22(23(19)29)9-14-3-1-2-4-20(14)34-25(27)28/h1-10,25H,11-13H2/b22-9-. The lowest BCUT2D eigenvalue weighted by molar-refractivity contribution is -0.0500. The summed E-state index contributed by atoms with van der Waals surface area (Å²) in [5.41, 5.74) is 2.43. The molecule has 2 heterocycles. The molecule has 0 amide bonds. The molecule has 2 aliphatic heterocycles. The van der Waals surface area contributed by atoms with E-state index >= 15 is 0 Å². The van der Waals surface area contributed by atoms with Crippen LogP contribution in [0.4, 0.5) is 8.78 Å². The van der Waals surface area contributed by atoms with E-state index in [0.29, 0.717) is 29.2 Å². The predicted octanol–water partition coefficient (Wildman–Crippen LogP) is 6.11. The first-order chi connectivity index (χ1) is 16.5. The van der Waals surface area contributed by atoms with E-state index in [1.165, 1.54) is 12.1 Å². The van der Waals surface area contributed by atoms with Crippen LogP contribution in [0.5, 0.6) is 23.0 Å². The molecule has 5 rings (SSSR count). The first kappa shape index (κ1) is 22.4. The van der Waals surface area contributed by atoms with E-state index in [1.807, 2.05) is 12.1 Å². The third-order valence-corrected chi connectivity index (χ3v) is 5.67. The lowest BCUT2D eigenvalue weighted by Crippen LogP contribution is -2.14. The monoisotopic (exact) mass is 530 g/mol. The van der Waals surface area contributed by atoms with Gasteiger partial charge in [0.25, 0.3) is 0 Å². The number of fused-ring (bicyclic) bond motifs is 2. The predicted molar refractivity (Wildman–Crippen MR) is 121 cm³/mol. The van der Waals surface area contributed by atoms with Crippen molar-refractivity contribution in [2.75, 3.05) is 6.79 Å². The van der Waals surface area contributed by atoms with Gasteiger partial charge in [0.1, 0.15) is 29.6 Å². The summed E-state index contributed by atoms with van der Waals surface area (Å²) in [6.45, 7) is -2.12. The molecule has 0 atom stereocenters. The van der Waals surface area contributed by atoms with Gasteiger partial charge in [0.2, 0.25) is 5.78 Å². The molecule has 0 bridgehead atoms. The number of hydrogen-bond donors (Lipinski definition) is 0. The number of Topliss-reactive ketones (excluding diaryl/α,β-unsaturated/α-hetero) is 1. The van der Waals surface area contributed by atoms with Crippen LogP contribution in [0.15, 0.2) is 64.8 Å². The third kappa shape index (κ3) is 4.62. The lowest BCUT2D eigenvalue weighted by Gasteiger charge is -2.21. The van der Waals surface area contributed by atoms with Gasteiger partial charge in [-0.2, -0.15) is 8.78 Å². The van der Waals surface area contributed by atoms with Gasteiger partial charge >= 0.3 is 6.61 Å². The van der Waals surface area contributed by atoms with Gasteiger partial charge < -0.3 is 23.7 Å². The molecule has 0 radical (unpaired) electrons. The number of rotatable bonds is 6. The number of hydrogen-bond acceptors (Lipinski definition) is 6. The molecule has 34 heavy (non-hydrogen) atoms. The van der Waals surface area contributed by atoms with Crippen LogP contribution in [0.1, 0.15) is 27.0 Å². The van der Waals surface area contributed by atoms with Gasteiger partial charge in [-0.1, -0.05) is 34.1 Å². The van der Waals surface area contributed by atoms with Gasteiger partial charge in [-0.05, 0) is 36.4 Å². The molecule has 0 saturated carbocycles. The van der Waals surface area contributed by atoms with Gasteiger partial charge in [0.05, 0.1) is 12.2 Å². The summed E-state index contributed by atoms with van der Waals surface area (Å²) in [6, 6.07) is 14.9. The fourth-order valence-corrected chi connectivity index (χ4v) is 4.28. The maximum atomic E-state index is 12.8. The van der Waals surface area contributed by atoms with Crippen molar-refractivity contribution in [3.63, 3.8) is 0 Å².